The van der Waals surface area contributed by atoms with Gasteiger partial charge >= 0.3 is 0 Å². The van der Waals surface area contributed by atoms with Gasteiger partial charge in [-0.3, -0.25) is 34.3 Å². The lowest BCUT2D eigenvalue weighted by atomic mass is 9.85. The number of fused-ring (bicyclic) bond motifs is 3. The maximum Gasteiger partial charge on any atom is 0.236 e. The molecule has 0 saturated heterocycles. The minimum atomic E-state index is -3.76. The third-order valence-electron chi connectivity index (χ3n) is 20.8. The zero-order chi connectivity index (χ0) is 86.1. The summed E-state index contributed by atoms with van der Waals surface area (Å²) < 4.78 is 154. The van der Waals surface area contributed by atoms with Crippen LogP contribution in [0.1, 0.15) is 116 Å². The Morgan fingerprint density at radius 2 is 0.983 bits per heavy atom. The van der Waals surface area contributed by atoms with Gasteiger partial charge in [-0.2, -0.15) is 0 Å². The molecule has 0 bridgehead atoms. The number of carbonyl (C=O) groups excluding carboxylic acids is 3. The molecule has 25 heteroatoms. The third kappa shape index (κ3) is 21.3. The highest BCUT2D eigenvalue weighted by molar-refractivity contribution is 9.10. The van der Waals surface area contributed by atoms with Crippen LogP contribution in [0, 0.1) is 59.3 Å². The summed E-state index contributed by atoms with van der Waals surface area (Å²) in [5.74, 6) is -7.91. The minimum absolute atomic E-state index is 0.0152. The van der Waals surface area contributed by atoms with Crippen molar-refractivity contribution in [3.8, 4) is 39.3 Å². The van der Waals surface area contributed by atoms with Gasteiger partial charge in [-0.25, -0.2) is 51.9 Å². The van der Waals surface area contributed by atoms with Gasteiger partial charge in [-0.1, -0.05) is 95.3 Å². The Bertz CT molecular complexity index is 6450. The minimum Gasteiger partial charge on any atom is -0.508 e. The molecule has 1 aliphatic rings. The Kier molecular flexibility index (Phi) is 26.5. The Morgan fingerprint density at radius 3 is 1.50 bits per heavy atom. The molecular formula is C96H78BrF9N8O6S. The second-order valence-corrected chi connectivity index (χ2v) is 32.7. The van der Waals surface area contributed by atoms with Gasteiger partial charge in [-0.05, 0) is 210 Å². The fourth-order valence-electron chi connectivity index (χ4n) is 15.5. The van der Waals surface area contributed by atoms with E-state index in [0.29, 0.717) is 68.1 Å². The van der Waals surface area contributed by atoms with Crippen LogP contribution < -0.4 is 11.5 Å². The first kappa shape index (κ1) is 85.7. The highest BCUT2D eigenvalue weighted by atomic mass is 79.9. The number of hydrogen-bond donors (Lipinski definition) is 4. The standard InChI is InChI=1S/C33H27F4N3O3S.C32H25BrF3N3O.C31H26F2N2O2/c1-19(38)29-15-21(5-7-31(29)37)28-4-3-9-39-33(28)22(10-20-11-25(35)16-26(36)12-20)13-27(41)14-23-18-40(44(2,42)43)32-8-6-24(34)17-30(23)32;1-18(37)28-14-20(4-6-30(28)36)27-3-2-8-38-32(27)21(9-19-10-24(34)16-25(35)11-19)12-26(40)13-22-17-39-31-7-5-23(33)15-29(22)31;1-19-2-4-22(5-3-19)30-31(35-11-10-34-30)24(12-20-13-25(32)17-26(33)14-20)16-28(37)15-23-7-6-21-8-9-27(36)18-29(21)23/h3-9,11-12,15-18,22H,1,10,13-14,38H2,2H3;2-8,10-11,14-17,21,39H,1,9,12-13,37H2;2-5,7-11,13-14,17-18,24,36H,6,12,15-16H2,1H3/t22-;21-;/m11./s1. The SMILES string of the molecule is C=C(N)c1cc(-c2cccnc2[C@@H](CC(=O)Cc2c[nH]c3ccc(Br)cc23)Cc2cc(F)cc(F)c2)ccc1F.C=C(N)c1cc(-c2cccnc2[C@@H](CC(=O)Cc2cn(S(C)(=O)=O)c3ccc(F)cc23)Cc2cc(F)cc(F)c2)ccc1F.Cc1ccc(-c2nccnc2C(CC(=O)CC2=CCc3ccc(O)cc32)Cc2cc(F)cc(F)c2)cc1. The van der Waals surface area contributed by atoms with Gasteiger partial charge in [0.1, 0.15) is 75.5 Å². The summed E-state index contributed by atoms with van der Waals surface area (Å²) in [5, 5.41) is 11.1. The molecule has 14 aromatic rings. The Hall–Kier alpha value is -13.1. The van der Waals surface area contributed by atoms with E-state index >= 15 is 0 Å². The van der Waals surface area contributed by atoms with E-state index in [4.69, 9.17) is 11.5 Å². The molecule has 5 aromatic heterocycles. The first-order valence-corrected chi connectivity index (χ1v) is 40.9. The lowest BCUT2D eigenvalue weighted by molar-refractivity contribution is -0.119. The number of rotatable bonds is 27. The summed E-state index contributed by atoms with van der Waals surface area (Å²) in [6.07, 6.45) is 13.7. The van der Waals surface area contributed by atoms with Gasteiger partial charge in [0.2, 0.25) is 10.0 Å². The number of phenolic OH excluding ortho intramolecular Hbond substituents is 1. The van der Waals surface area contributed by atoms with Gasteiger partial charge in [0, 0.05) is 172 Å². The van der Waals surface area contributed by atoms with E-state index in [-0.39, 0.29) is 120 Å². The van der Waals surface area contributed by atoms with Gasteiger partial charge < -0.3 is 21.6 Å². The second-order valence-electron chi connectivity index (χ2n) is 29.9. The van der Waals surface area contributed by atoms with E-state index in [9.17, 15) is 67.4 Å². The number of allylic oxidation sites excluding steroid dienone is 2. The van der Waals surface area contributed by atoms with Crippen molar-refractivity contribution in [2.45, 2.75) is 88.9 Å². The summed E-state index contributed by atoms with van der Waals surface area (Å²) in [6, 6.07) is 48.0. The lowest BCUT2D eigenvalue weighted by Crippen LogP contribution is -2.15. The number of H-pyrrole nitrogens is 1. The van der Waals surface area contributed by atoms with Crippen LogP contribution in [0.15, 0.2) is 255 Å². The van der Waals surface area contributed by atoms with Crippen LogP contribution in [0.5, 0.6) is 5.75 Å². The predicted octanol–water partition coefficient (Wildman–Crippen LogP) is 21.1. The maximum atomic E-state index is 14.4. The normalized spacial score (nSPS) is 12.5. The molecule has 5 heterocycles. The van der Waals surface area contributed by atoms with E-state index in [2.05, 4.69) is 54.0 Å². The van der Waals surface area contributed by atoms with Crippen LogP contribution in [0.3, 0.4) is 0 Å². The Balaban J connectivity index is 0.000000157. The topological polar surface area (TPSA) is 230 Å². The van der Waals surface area contributed by atoms with E-state index in [1.807, 2.05) is 73.8 Å². The van der Waals surface area contributed by atoms with Crippen LogP contribution in [0.25, 0.3) is 72.3 Å². The number of ketones is 3. The number of hydrogen-bond acceptors (Lipinski definition) is 12. The van der Waals surface area contributed by atoms with Crippen molar-refractivity contribution in [3.63, 3.8) is 0 Å². The van der Waals surface area contributed by atoms with Crippen molar-refractivity contribution in [2.75, 3.05) is 6.26 Å². The Morgan fingerprint density at radius 1 is 0.504 bits per heavy atom. The molecule has 614 valence electrons. The number of nitrogens with one attached hydrogen (secondary N) is 1. The van der Waals surface area contributed by atoms with Gasteiger partial charge in [0.15, 0.2) is 0 Å². The van der Waals surface area contributed by atoms with Crippen molar-refractivity contribution < 1.29 is 67.4 Å². The fourth-order valence-corrected chi connectivity index (χ4v) is 16.6. The average molecular weight is 1720 g/mol. The summed E-state index contributed by atoms with van der Waals surface area (Å²) in [7, 11) is -3.76. The highest BCUT2D eigenvalue weighted by Gasteiger charge is 2.30. The summed E-state index contributed by atoms with van der Waals surface area (Å²) >= 11 is 3.48. The molecule has 0 amide bonds. The van der Waals surface area contributed by atoms with Crippen molar-refractivity contribution in [1.29, 1.82) is 0 Å². The van der Waals surface area contributed by atoms with Crippen LogP contribution in [0.4, 0.5) is 39.5 Å². The maximum absolute atomic E-state index is 14.4. The first-order chi connectivity index (χ1) is 57.8. The van der Waals surface area contributed by atoms with E-state index < -0.39 is 80.1 Å². The number of carbonyl (C=O) groups is 3. The van der Waals surface area contributed by atoms with E-state index in [1.165, 1.54) is 85.2 Å². The van der Waals surface area contributed by atoms with E-state index in [1.54, 1.807) is 61.1 Å². The number of Topliss-reactive ketones (excluding diaryl/α,β-unsaturated/α-hetero) is 3. The summed E-state index contributed by atoms with van der Waals surface area (Å²) in [5.41, 5.74) is 24.8. The summed E-state index contributed by atoms with van der Waals surface area (Å²) in [6.45, 7) is 9.27. The lowest BCUT2D eigenvalue weighted by Gasteiger charge is -2.20. The van der Waals surface area contributed by atoms with Crippen molar-refractivity contribution in [1.82, 2.24) is 28.9 Å². The van der Waals surface area contributed by atoms with Crippen molar-refractivity contribution in [2.24, 2.45) is 11.5 Å². The number of phenols is 1. The fraction of sp³-hybridized carbons (Fsp3) is 0.156. The average Bonchev–Trinajstić information content (AvgIpc) is 1.62. The van der Waals surface area contributed by atoms with Crippen molar-refractivity contribution >= 4 is 82.1 Å². The molecule has 15 rings (SSSR count). The molecule has 3 atom stereocenters. The molecule has 1 unspecified atom stereocenters. The predicted molar refractivity (Wildman–Crippen MR) is 455 cm³/mol. The third-order valence-corrected chi connectivity index (χ3v) is 22.4. The van der Waals surface area contributed by atoms with Crippen LogP contribution in [-0.2, 0) is 62.9 Å². The number of aryl methyl sites for hydroxylation is 1. The first-order valence-electron chi connectivity index (χ1n) is 38.3. The molecule has 14 nitrogen and oxygen atoms in total. The number of nitrogens with zero attached hydrogens (tertiary/aromatic N) is 5. The van der Waals surface area contributed by atoms with E-state index in [0.717, 1.165) is 83.3 Å². The number of aromatic hydroxyl groups is 1. The van der Waals surface area contributed by atoms with Crippen molar-refractivity contribution in [3.05, 3.63) is 380 Å². The van der Waals surface area contributed by atoms with Gasteiger partial charge in [0.05, 0.1) is 34.5 Å². The van der Waals surface area contributed by atoms with Crippen LogP contribution in [0.2, 0.25) is 0 Å². The number of pyridine rings is 2. The Labute approximate surface area is 700 Å². The number of benzene rings is 9. The molecule has 121 heavy (non-hydrogen) atoms. The number of nitrogens with two attached hydrogens (primary N) is 2. The molecule has 6 N–H and O–H groups in total. The van der Waals surface area contributed by atoms with Crippen LogP contribution >= 0.6 is 15.9 Å². The smallest absolute Gasteiger partial charge is 0.236 e. The number of aromatic amines is 1. The molecular weight excluding hydrogens is 1640 g/mol. The molecule has 0 aliphatic heterocycles. The quantitative estimate of drug-likeness (QED) is 0.0352. The zero-order valence-corrected chi connectivity index (χ0v) is 67.7. The molecule has 9 aromatic carbocycles. The molecule has 0 radical (unpaired) electrons. The number of halogens is 10. The molecule has 0 saturated carbocycles. The van der Waals surface area contributed by atoms with Crippen LogP contribution in [-0.4, -0.2) is 66.0 Å². The molecule has 0 spiro atoms. The highest BCUT2D eigenvalue weighted by Crippen LogP contribution is 2.41. The molecule has 0 fully saturated rings. The van der Waals surface area contributed by atoms with Gasteiger partial charge in [-0.15, -0.1) is 0 Å². The monoisotopic (exact) mass is 1720 g/mol. The zero-order valence-electron chi connectivity index (χ0n) is 65.3. The largest absolute Gasteiger partial charge is 0.508 e. The van der Waals surface area contributed by atoms with Gasteiger partial charge in [0.25, 0.3) is 0 Å². The molecule has 1 aliphatic carbocycles. The second kappa shape index (κ2) is 37.4. The summed E-state index contributed by atoms with van der Waals surface area (Å²) in [4.78, 5) is 62.0. The number of aromatic nitrogens is 6.